The summed E-state index contributed by atoms with van der Waals surface area (Å²) in [6.07, 6.45) is 2.42. The third-order valence-corrected chi connectivity index (χ3v) is 0.897. The fourth-order valence-electron chi connectivity index (χ4n) is 0.364. The van der Waals surface area contributed by atoms with E-state index in [4.69, 9.17) is 15.8 Å². The van der Waals surface area contributed by atoms with E-state index in [1.165, 1.54) is 6.08 Å². The second-order valence-corrected chi connectivity index (χ2v) is 1.55. The maximum Gasteiger partial charge on any atom is 0.246 e. The molecule has 0 saturated heterocycles. The standard InChI is InChI=1S/C7H4N3/c1-2-3-7(4-8,5-9)6-10/h2-3H,1H2. The fourth-order valence-corrected chi connectivity index (χ4v) is 0.364. The third kappa shape index (κ3) is 1.34. The Balaban J connectivity index is 4.80. The first-order valence-electron chi connectivity index (χ1n) is 2.45. The molecule has 0 heterocycles. The summed E-state index contributed by atoms with van der Waals surface area (Å²) in [4.78, 5) is 0. The van der Waals surface area contributed by atoms with Gasteiger partial charge in [0.1, 0.15) is 18.2 Å². The summed E-state index contributed by atoms with van der Waals surface area (Å²) in [5.41, 5.74) is -1.65. The summed E-state index contributed by atoms with van der Waals surface area (Å²) in [5, 5.41) is 25.0. The monoisotopic (exact) mass is 130 g/mol. The molecule has 0 atom stereocenters. The quantitative estimate of drug-likeness (QED) is 0.530. The van der Waals surface area contributed by atoms with Gasteiger partial charge in [0.2, 0.25) is 5.41 Å². The Morgan fingerprint density at radius 2 is 1.50 bits per heavy atom. The second-order valence-electron chi connectivity index (χ2n) is 1.55. The van der Waals surface area contributed by atoms with Crippen LogP contribution in [-0.2, 0) is 0 Å². The van der Waals surface area contributed by atoms with E-state index in [0.717, 1.165) is 6.08 Å². The van der Waals surface area contributed by atoms with Crippen LogP contribution in [0.5, 0.6) is 0 Å². The van der Waals surface area contributed by atoms with E-state index in [9.17, 15) is 0 Å². The number of nitrogens with zero attached hydrogens (tertiary/aromatic N) is 3. The Hall–Kier alpha value is -1.79. The van der Waals surface area contributed by atoms with Crippen LogP contribution in [0.25, 0.3) is 0 Å². The lowest BCUT2D eigenvalue weighted by molar-refractivity contribution is 0.875. The Morgan fingerprint density at radius 1 is 1.10 bits per heavy atom. The zero-order valence-corrected chi connectivity index (χ0v) is 5.20. The van der Waals surface area contributed by atoms with Gasteiger partial charge in [-0.1, -0.05) is 6.08 Å². The Labute approximate surface area is 59.4 Å². The van der Waals surface area contributed by atoms with Gasteiger partial charge in [0, 0.05) is 0 Å². The molecule has 0 rings (SSSR count). The van der Waals surface area contributed by atoms with Gasteiger partial charge >= 0.3 is 0 Å². The third-order valence-electron chi connectivity index (χ3n) is 0.897. The van der Waals surface area contributed by atoms with Crippen molar-refractivity contribution < 1.29 is 0 Å². The van der Waals surface area contributed by atoms with E-state index >= 15 is 0 Å². The lowest BCUT2D eigenvalue weighted by Gasteiger charge is -1.97. The van der Waals surface area contributed by atoms with Gasteiger partial charge in [0.15, 0.2) is 0 Å². The molecular formula is C7H4N3. The van der Waals surface area contributed by atoms with Gasteiger partial charge in [-0.2, -0.15) is 15.8 Å². The summed E-state index contributed by atoms with van der Waals surface area (Å²) in [5.74, 6) is 0. The van der Waals surface area contributed by atoms with Crippen LogP contribution >= 0.6 is 0 Å². The number of nitriles is 3. The van der Waals surface area contributed by atoms with Crippen LogP contribution < -0.4 is 0 Å². The molecule has 0 saturated carbocycles. The molecule has 3 heteroatoms. The molecule has 0 aromatic carbocycles. The molecule has 0 aliphatic carbocycles. The summed E-state index contributed by atoms with van der Waals surface area (Å²) in [7, 11) is 0. The topological polar surface area (TPSA) is 71.4 Å². The van der Waals surface area contributed by atoms with Gasteiger partial charge in [-0.3, -0.25) is 0 Å². The van der Waals surface area contributed by atoms with E-state index in [-0.39, 0.29) is 0 Å². The van der Waals surface area contributed by atoms with Gasteiger partial charge in [-0.25, -0.2) is 0 Å². The molecule has 0 unspecified atom stereocenters. The molecule has 0 N–H and O–H groups in total. The number of hydrogen-bond acceptors (Lipinski definition) is 3. The first kappa shape index (κ1) is 8.21. The lowest BCUT2D eigenvalue weighted by atomic mass is 9.94. The van der Waals surface area contributed by atoms with Crippen molar-refractivity contribution in [3.8, 4) is 18.2 Å². The van der Waals surface area contributed by atoms with Crippen molar-refractivity contribution in [2.45, 2.75) is 0 Å². The summed E-state index contributed by atoms with van der Waals surface area (Å²) >= 11 is 0. The van der Waals surface area contributed by atoms with Gasteiger partial charge in [-0.05, 0) is 13.0 Å². The van der Waals surface area contributed by atoms with Gasteiger partial charge < -0.3 is 0 Å². The van der Waals surface area contributed by atoms with Crippen LogP contribution in [-0.4, -0.2) is 0 Å². The van der Waals surface area contributed by atoms with E-state index < -0.39 is 5.41 Å². The first-order chi connectivity index (χ1) is 4.74. The molecule has 3 nitrogen and oxygen atoms in total. The Kier molecular flexibility index (Phi) is 2.69. The van der Waals surface area contributed by atoms with Crippen LogP contribution in [0.1, 0.15) is 0 Å². The zero-order chi connectivity index (χ0) is 8.04. The molecule has 47 valence electrons. The Bertz CT molecular complexity index is 220. The van der Waals surface area contributed by atoms with Crippen molar-refractivity contribution in [2.24, 2.45) is 5.41 Å². The molecule has 0 aliphatic heterocycles. The molecule has 1 radical (unpaired) electrons. The van der Waals surface area contributed by atoms with Gasteiger partial charge in [0.05, 0.1) is 0 Å². The number of allylic oxidation sites excluding steroid dienone is 2. The van der Waals surface area contributed by atoms with Crippen molar-refractivity contribution in [2.75, 3.05) is 0 Å². The van der Waals surface area contributed by atoms with E-state index in [1.54, 1.807) is 18.2 Å². The molecule has 0 amide bonds. The predicted molar refractivity (Wildman–Crippen MR) is 33.8 cm³/mol. The second kappa shape index (κ2) is 3.28. The van der Waals surface area contributed by atoms with Crippen molar-refractivity contribution in [1.82, 2.24) is 0 Å². The van der Waals surface area contributed by atoms with Crippen LogP contribution in [0, 0.1) is 46.3 Å². The minimum Gasteiger partial charge on any atom is -0.195 e. The molecule has 0 aromatic heterocycles. The largest absolute Gasteiger partial charge is 0.246 e. The fraction of sp³-hybridized carbons (Fsp3) is 0.143. The van der Waals surface area contributed by atoms with E-state index in [2.05, 4.69) is 6.92 Å². The molecule has 0 fully saturated rings. The average molecular weight is 130 g/mol. The lowest BCUT2D eigenvalue weighted by Crippen LogP contribution is -2.08. The van der Waals surface area contributed by atoms with Crippen molar-refractivity contribution in [1.29, 1.82) is 15.8 Å². The highest BCUT2D eigenvalue weighted by atomic mass is 14.4. The van der Waals surface area contributed by atoms with E-state index in [0.29, 0.717) is 0 Å². The van der Waals surface area contributed by atoms with Gasteiger partial charge in [0.25, 0.3) is 0 Å². The molecular weight excluding hydrogens is 126 g/mol. The summed E-state index contributed by atoms with van der Waals surface area (Å²) in [6.45, 7) is 3.28. The minimum atomic E-state index is -1.65. The van der Waals surface area contributed by atoms with Crippen molar-refractivity contribution >= 4 is 0 Å². The molecule has 0 aliphatic rings. The maximum atomic E-state index is 8.33. The maximum absolute atomic E-state index is 8.33. The van der Waals surface area contributed by atoms with Crippen LogP contribution in [0.3, 0.4) is 0 Å². The van der Waals surface area contributed by atoms with Crippen molar-refractivity contribution in [3.63, 3.8) is 0 Å². The van der Waals surface area contributed by atoms with Crippen LogP contribution in [0.4, 0.5) is 0 Å². The molecule has 10 heavy (non-hydrogen) atoms. The SMILES string of the molecule is [CH2]C=CC(C#N)(C#N)C#N. The van der Waals surface area contributed by atoms with E-state index in [1.807, 2.05) is 0 Å². The number of hydrogen-bond donors (Lipinski definition) is 0. The molecule has 0 aromatic rings. The normalized spacial score (nSPS) is 9.80. The smallest absolute Gasteiger partial charge is 0.195 e. The molecule has 0 spiro atoms. The first-order valence-corrected chi connectivity index (χ1v) is 2.45. The van der Waals surface area contributed by atoms with Gasteiger partial charge in [-0.15, -0.1) is 0 Å². The summed E-state index contributed by atoms with van der Waals surface area (Å²) < 4.78 is 0. The van der Waals surface area contributed by atoms with Crippen LogP contribution in [0.15, 0.2) is 12.2 Å². The summed E-state index contributed by atoms with van der Waals surface area (Å²) in [6, 6.07) is 4.70. The van der Waals surface area contributed by atoms with Crippen LogP contribution in [0.2, 0.25) is 0 Å². The Morgan fingerprint density at radius 3 is 1.60 bits per heavy atom. The highest BCUT2D eigenvalue weighted by Gasteiger charge is 2.24. The zero-order valence-electron chi connectivity index (χ0n) is 5.20. The highest BCUT2D eigenvalue weighted by molar-refractivity contribution is 5.34. The predicted octanol–water partition coefficient (Wildman–Crippen LogP) is 0.934. The highest BCUT2D eigenvalue weighted by Crippen LogP contribution is 2.13. The van der Waals surface area contributed by atoms with Crippen molar-refractivity contribution in [3.05, 3.63) is 19.1 Å². The minimum absolute atomic E-state index is 1.16. The average Bonchev–Trinajstić information content (AvgIpc) is 2.01. The molecule has 0 bridgehead atoms. The number of rotatable bonds is 1.